The van der Waals surface area contributed by atoms with E-state index in [1.54, 1.807) is 31.7 Å². The van der Waals surface area contributed by atoms with Gasteiger partial charge in [0.15, 0.2) is 0 Å². The van der Waals surface area contributed by atoms with Gasteiger partial charge in [-0.3, -0.25) is 9.78 Å². The predicted octanol–water partition coefficient (Wildman–Crippen LogP) is 2.20. The lowest BCUT2D eigenvalue weighted by Gasteiger charge is -2.17. The van der Waals surface area contributed by atoms with E-state index in [2.05, 4.69) is 10.3 Å². The molecule has 9 heteroatoms. The van der Waals surface area contributed by atoms with Gasteiger partial charge in [0.2, 0.25) is 10.0 Å². The molecule has 2 N–H and O–H groups in total. The lowest BCUT2D eigenvalue weighted by Crippen LogP contribution is -2.30. The molecule has 2 atom stereocenters. The number of carbonyl (C=O) groups excluding carboxylic acids is 1. The molecule has 8 nitrogen and oxygen atoms in total. The molecule has 1 amide bonds. The van der Waals surface area contributed by atoms with Crippen LogP contribution in [0, 0.1) is 12.8 Å². The zero-order valence-electron chi connectivity index (χ0n) is 18.4. The Morgan fingerprint density at radius 2 is 2.09 bits per heavy atom. The van der Waals surface area contributed by atoms with Gasteiger partial charge < -0.3 is 15.0 Å². The zero-order valence-corrected chi connectivity index (χ0v) is 19.3. The lowest BCUT2D eigenvalue weighted by molar-refractivity contribution is 0.0942. The molecule has 4 rings (SSSR count). The fourth-order valence-electron chi connectivity index (χ4n) is 4.24. The standard InChI is InChI=1S/C23H28N4O4S/c1-15-22(32(30,31)27-11-9-18(14-27)16(2)28)12-21(26(15)3)23(29)25-13-17-6-4-8-20-19(17)7-5-10-24-20/h4-8,10,12,16,18,28H,9,11,13-14H2,1-3H3,(H,25,29)/t16-,18+/m1/s1. The minimum absolute atomic E-state index is 0.0771. The van der Waals surface area contributed by atoms with Gasteiger partial charge in [0.1, 0.15) is 10.6 Å². The number of amides is 1. The largest absolute Gasteiger partial charge is 0.393 e. The first-order valence-corrected chi connectivity index (χ1v) is 12.1. The van der Waals surface area contributed by atoms with Gasteiger partial charge in [0, 0.05) is 44.0 Å². The number of pyridine rings is 1. The predicted molar refractivity (Wildman–Crippen MR) is 122 cm³/mol. The Bertz CT molecular complexity index is 1260. The van der Waals surface area contributed by atoms with Crippen molar-refractivity contribution in [2.45, 2.75) is 37.8 Å². The molecule has 1 aliphatic rings. The molecule has 170 valence electrons. The lowest BCUT2D eigenvalue weighted by atomic mass is 10.0. The maximum atomic E-state index is 13.2. The van der Waals surface area contributed by atoms with E-state index >= 15 is 0 Å². The van der Waals surface area contributed by atoms with Crippen LogP contribution in [0.5, 0.6) is 0 Å². The number of aromatic nitrogens is 2. The number of nitrogens with one attached hydrogen (secondary N) is 1. The van der Waals surface area contributed by atoms with Crippen molar-refractivity contribution in [3.05, 3.63) is 59.5 Å². The number of aliphatic hydroxyl groups excluding tert-OH is 1. The fourth-order valence-corrected chi connectivity index (χ4v) is 6.03. The van der Waals surface area contributed by atoms with Gasteiger partial charge in [-0.05, 0) is 49.9 Å². The molecule has 1 aliphatic heterocycles. The Balaban J connectivity index is 1.55. The quantitative estimate of drug-likeness (QED) is 0.592. The van der Waals surface area contributed by atoms with Crippen LogP contribution in [0.1, 0.15) is 35.1 Å². The summed E-state index contributed by atoms with van der Waals surface area (Å²) in [5.41, 5.74) is 2.57. The molecular weight excluding hydrogens is 428 g/mol. The minimum Gasteiger partial charge on any atom is -0.393 e. The number of rotatable bonds is 6. The molecular formula is C23H28N4O4S. The molecule has 1 aromatic carbocycles. The van der Waals surface area contributed by atoms with Gasteiger partial charge in [-0.1, -0.05) is 18.2 Å². The van der Waals surface area contributed by atoms with Crippen LogP contribution in [0.2, 0.25) is 0 Å². The second-order valence-corrected chi connectivity index (χ2v) is 10.3. The van der Waals surface area contributed by atoms with E-state index in [9.17, 15) is 18.3 Å². The fraction of sp³-hybridized carbons (Fsp3) is 0.391. The van der Waals surface area contributed by atoms with Crippen molar-refractivity contribution in [2.24, 2.45) is 13.0 Å². The van der Waals surface area contributed by atoms with Crippen molar-refractivity contribution in [1.82, 2.24) is 19.2 Å². The van der Waals surface area contributed by atoms with Gasteiger partial charge >= 0.3 is 0 Å². The first kappa shape index (κ1) is 22.4. The molecule has 2 aromatic heterocycles. The van der Waals surface area contributed by atoms with Crippen LogP contribution in [-0.4, -0.2) is 52.5 Å². The van der Waals surface area contributed by atoms with Crippen LogP contribution in [0.15, 0.2) is 47.5 Å². The van der Waals surface area contributed by atoms with Crippen LogP contribution in [-0.2, 0) is 23.6 Å². The van der Waals surface area contributed by atoms with Crippen LogP contribution >= 0.6 is 0 Å². The maximum absolute atomic E-state index is 13.2. The minimum atomic E-state index is -3.75. The monoisotopic (exact) mass is 456 g/mol. The van der Waals surface area contributed by atoms with E-state index in [-0.39, 0.29) is 29.0 Å². The van der Waals surface area contributed by atoms with Crippen molar-refractivity contribution in [2.75, 3.05) is 13.1 Å². The van der Waals surface area contributed by atoms with Crippen molar-refractivity contribution in [3.63, 3.8) is 0 Å². The summed E-state index contributed by atoms with van der Waals surface area (Å²) >= 11 is 0. The summed E-state index contributed by atoms with van der Waals surface area (Å²) < 4.78 is 29.5. The zero-order chi connectivity index (χ0) is 23.0. The van der Waals surface area contributed by atoms with Crippen molar-refractivity contribution >= 4 is 26.8 Å². The average molecular weight is 457 g/mol. The van der Waals surface area contributed by atoms with Crippen LogP contribution in [0.4, 0.5) is 0 Å². The van der Waals surface area contributed by atoms with Gasteiger partial charge in [-0.2, -0.15) is 4.31 Å². The number of fused-ring (bicyclic) bond motifs is 1. The molecule has 32 heavy (non-hydrogen) atoms. The second-order valence-electron chi connectivity index (χ2n) is 8.36. The van der Waals surface area contributed by atoms with Gasteiger partial charge in [0.25, 0.3) is 5.91 Å². The highest BCUT2D eigenvalue weighted by molar-refractivity contribution is 7.89. The Morgan fingerprint density at radius 3 is 2.81 bits per heavy atom. The molecule has 1 saturated heterocycles. The number of sulfonamides is 1. The normalized spacial score (nSPS) is 18.2. The van der Waals surface area contributed by atoms with Gasteiger partial charge in [-0.25, -0.2) is 8.42 Å². The Kier molecular flexibility index (Phi) is 6.07. The molecule has 0 bridgehead atoms. The summed E-state index contributed by atoms with van der Waals surface area (Å²) in [6, 6.07) is 11.0. The highest BCUT2D eigenvalue weighted by Crippen LogP contribution is 2.29. The third-order valence-corrected chi connectivity index (χ3v) is 8.36. The third-order valence-electron chi connectivity index (χ3n) is 6.38. The number of benzene rings is 1. The second kappa shape index (κ2) is 8.65. The first-order chi connectivity index (χ1) is 15.2. The topological polar surface area (TPSA) is 105 Å². The maximum Gasteiger partial charge on any atom is 0.268 e. The van der Waals surface area contributed by atoms with E-state index in [0.717, 1.165) is 16.5 Å². The molecule has 0 saturated carbocycles. The number of hydrogen-bond donors (Lipinski definition) is 2. The molecule has 0 radical (unpaired) electrons. The van der Waals surface area contributed by atoms with E-state index in [4.69, 9.17) is 0 Å². The van der Waals surface area contributed by atoms with E-state index in [1.807, 2.05) is 30.3 Å². The van der Waals surface area contributed by atoms with E-state index in [1.165, 1.54) is 10.4 Å². The summed E-state index contributed by atoms with van der Waals surface area (Å²) in [5.74, 6) is -0.423. The Labute approximate surface area is 187 Å². The molecule has 3 heterocycles. The van der Waals surface area contributed by atoms with Crippen molar-refractivity contribution in [1.29, 1.82) is 0 Å². The highest BCUT2D eigenvalue weighted by Gasteiger charge is 2.36. The summed E-state index contributed by atoms with van der Waals surface area (Å²) in [5, 5.41) is 13.7. The van der Waals surface area contributed by atoms with E-state index in [0.29, 0.717) is 25.2 Å². The number of nitrogens with zero attached hydrogens (tertiary/aromatic N) is 3. The van der Waals surface area contributed by atoms with Crippen molar-refractivity contribution < 1.29 is 18.3 Å². The summed E-state index contributed by atoms with van der Waals surface area (Å²) in [4.78, 5) is 17.4. The molecule has 0 spiro atoms. The van der Waals surface area contributed by atoms with E-state index < -0.39 is 16.1 Å². The smallest absolute Gasteiger partial charge is 0.268 e. The average Bonchev–Trinajstić information content (AvgIpc) is 3.39. The first-order valence-electron chi connectivity index (χ1n) is 10.7. The molecule has 0 unspecified atom stereocenters. The number of aliphatic hydroxyl groups is 1. The molecule has 0 aliphatic carbocycles. The van der Waals surface area contributed by atoms with Crippen LogP contribution in [0.25, 0.3) is 10.9 Å². The number of hydrogen-bond acceptors (Lipinski definition) is 5. The summed E-state index contributed by atoms with van der Waals surface area (Å²) in [6.07, 6.45) is 1.79. The van der Waals surface area contributed by atoms with Gasteiger partial charge in [0.05, 0.1) is 11.6 Å². The summed E-state index contributed by atoms with van der Waals surface area (Å²) in [6.45, 7) is 4.33. The third kappa shape index (κ3) is 4.03. The van der Waals surface area contributed by atoms with Gasteiger partial charge in [-0.15, -0.1) is 0 Å². The highest BCUT2D eigenvalue weighted by atomic mass is 32.2. The SMILES string of the molecule is Cc1c(S(=O)(=O)N2CC[C@H]([C@@H](C)O)C2)cc(C(=O)NCc2cccc3ncccc23)n1C. The molecule has 3 aromatic rings. The summed E-state index contributed by atoms with van der Waals surface area (Å²) in [7, 11) is -2.07. The van der Waals surface area contributed by atoms with Crippen LogP contribution < -0.4 is 5.32 Å². The number of carbonyl (C=O) groups is 1. The Morgan fingerprint density at radius 1 is 1.31 bits per heavy atom. The Hall–Kier alpha value is -2.75. The van der Waals surface area contributed by atoms with Crippen LogP contribution in [0.3, 0.4) is 0 Å². The molecule has 1 fully saturated rings. The van der Waals surface area contributed by atoms with Crippen molar-refractivity contribution in [3.8, 4) is 0 Å².